The van der Waals surface area contributed by atoms with Crippen LogP contribution in [0, 0.1) is 0 Å². The summed E-state index contributed by atoms with van der Waals surface area (Å²) in [6.07, 6.45) is 0.715. The van der Waals surface area contributed by atoms with Crippen molar-refractivity contribution in [2.24, 2.45) is 0 Å². The van der Waals surface area contributed by atoms with Gasteiger partial charge in [-0.2, -0.15) is 0 Å². The first-order valence-corrected chi connectivity index (χ1v) is 9.57. The molecular formula is C13H26O4Si. The molecule has 18 heavy (non-hydrogen) atoms. The van der Waals surface area contributed by atoms with E-state index in [0.29, 0.717) is 6.61 Å². The summed E-state index contributed by atoms with van der Waals surface area (Å²) in [5.41, 5.74) is -0.122. The zero-order valence-electron chi connectivity index (χ0n) is 12.4. The lowest BCUT2D eigenvalue weighted by Gasteiger charge is -2.37. The van der Waals surface area contributed by atoms with Gasteiger partial charge in [0.25, 0.3) is 0 Å². The van der Waals surface area contributed by atoms with E-state index in [-0.39, 0.29) is 23.0 Å². The maximum atomic E-state index is 6.22. The minimum atomic E-state index is -1.72. The fraction of sp³-hybridized carbons (Fsp3) is 1.00. The van der Waals surface area contributed by atoms with Gasteiger partial charge in [0.05, 0.1) is 13.2 Å². The highest BCUT2D eigenvalue weighted by Gasteiger charge is 2.59. The van der Waals surface area contributed by atoms with Gasteiger partial charge in [0.1, 0.15) is 11.7 Å². The zero-order chi connectivity index (χ0) is 13.6. The summed E-state index contributed by atoms with van der Waals surface area (Å²) in [4.78, 5) is 0. The Morgan fingerprint density at radius 2 is 1.94 bits per heavy atom. The third kappa shape index (κ3) is 2.65. The van der Waals surface area contributed by atoms with Crippen LogP contribution >= 0.6 is 0 Å². The Labute approximate surface area is 111 Å². The quantitative estimate of drug-likeness (QED) is 0.583. The minimum Gasteiger partial charge on any atom is -0.414 e. The lowest BCUT2D eigenvalue weighted by Crippen LogP contribution is -2.44. The maximum absolute atomic E-state index is 6.22. The summed E-state index contributed by atoms with van der Waals surface area (Å²) in [6, 6.07) is 0. The van der Waals surface area contributed by atoms with Crippen molar-refractivity contribution in [3.8, 4) is 0 Å². The summed E-state index contributed by atoms with van der Waals surface area (Å²) in [7, 11) is -0.0374. The molecule has 5 heteroatoms. The van der Waals surface area contributed by atoms with Crippen LogP contribution in [0.5, 0.6) is 0 Å². The first kappa shape index (κ1) is 14.5. The van der Waals surface area contributed by atoms with E-state index in [1.54, 1.807) is 7.11 Å². The van der Waals surface area contributed by atoms with Gasteiger partial charge in [0, 0.05) is 13.5 Å². The monoisotopic (exact) mass is 274 g/mol. The highest BCUT2D eigenvalue weighted by atomic mass is 28.4. The third-order valence-corrected chi connectivity index (χ3v) is 9.10. The van der Waals surface area contributed by atoms with Crippen LogP contribution in [0.2, 0.25) is 18.1 Å². The Bertz CT molecular complexity index is 307. The van der Waals surface area contributed by atoms with Crippen molar-refractivity contribution in [1.82, 2.24) is 0 Å². The fourth-order valence-corrected chi connectivity index (χ4v) is 3.00. The molecule has 0 aromatic heterocycles. The Balaban J connectivity index is 1.91. The number of methoxy groups -OCH3 is 1. The van der Waals surface area contributed by atoms with Crippen molar-refractivity contribution >= 4 is 8.32 Å². The lowest BCUT2D eigenvalue weighted by atomic mass is 10.0. The SMILES string of the molecule is CO[C@@H]1C[C@@]2(CO2)[C@@H](CO[Si](C)(C)C(C)(C)C)O1. The molecule has 2 heterocycles. The Morgan fingerprint density at radius 3 is 2.39 bits per heavy atom. The topological polar surface area (TPSA) is 40.2 Å². The summed E-state index contributed by atoms with van der Waals surface area (Å²) < 4.78 is 22.9. The molecule has 2 fully saturated rings. The molecule has 2 rings (SSSR count). The molecule has 3 atom stereocenters. The largest absolute Gasteiger partial charge is 0.414 e. The Morgan fingerprint density at radius 1 is 1.33 bits per heavy atom. The molecule has 0 aliphatic carbocycles. The van der Waals surface area contributed by atoms with Crippen LogP contribution in [0.3, 0.4) is 0 Å². The maximum Gasteiger partial charge on any atom is 0.192 e. The Hall–Kier alpha value is 0.0569. The molecule has 106 valence electrons. The van der Waals surface area contributed by atoms with E-state index in [1.807, 2.05) is 0 Å². The molecule has 0 N–H and O–H groups in total. The van der Waals surface area contributed by atoms with Gasteiger partial charge in [-0.15, -0.1) is 0 Å². The lowest BCUT2D eigenvalue weighted by molar-refractivity contribution is -0.124. The second kappa shape index (κ2) is 4.56. The standard InChI is InChI=1S/C13H26O4Si/c1-12(2,3)18(5,6)16-8-10-13(9-15-13)7-11(14-4)17-10/h10-11H,7-9H2,1-6H3/t10-,11+,13-/m1/s1. The first-order chi connectivity index (χ1) is 8.20. The minimum absolute atomic E-state index is 0.0246. The summed E-state index contributed by atoms with van der Waals surface area (Å²) >= 11 is 0. The summed E-state index contributed by atoms with van der Waals surface area (Å²) in [6.45, 7) is 12.7. The van der Waals surface area contributed by atoms with E-state index in [2.05, 4.69) is 33.9 Å². The second-order valence-corrected chi connectivity index (χ2v) is 11.7. The van der Waals surface area contributed by atoms with Crippen molar-refractivity contribution in [3.05, 3.63) is 0 Å². The Kier molecular flexibility index (Phi) is 3.66. The van der Waals surface area contributed by atoms with Crippen molar-refractivity contribution in [1.29, 1.82) is 0 Å². The van der Waals surface area contributed by atoms with E-state index in [0.717, 1.165) is 13.0 Å². The van der Waals surface area contributed by atoms with Crippen LogP contribution < -0.4 is 0 Å². The van der Waals surface area contributed by atoms with Crippen LogP contribution in [-0.2, 0) is 18.6 Å². The predicted octanol–water partition coefficient (Wildman–Crippen LogP) is 2.54. The van der Waals surface area contributed by atoms with Crippen LogP contribution in [-0.4, -0.2) is 46.6 Å². The van der Waals surface area contributed by atoms with Gasteiger partial charge in [-0.25, -0.2) is 0 Å². The van der Waals surface area contributed by atoms with Crippen LogP contribution in [0.25, 0.3) is 0 Å². The van der Waals surface area contributed by atoms with Crippen molar-refractivity contribution in [2.75, 3.05) is 20.3 Å². The number of rotatable bonds is 4. The van der Waals surface area contributed by atoms with Crippen LogP contribution in [0.15, 0.2) is 0 Å². The smallest absolute Gasteiger partial charge is 0.192 e. The van der Waals surface area contributed by atoms with Gasteiger partial charge in [-0.05, 0) is 18.1 Å². The molecule has 0 amide bonds. The predicted molar refractivity (Wildman–Crippen MR) is 72.1 cm³/mol. The second-order valence-electron chi connectivity index (χ2n) is 6.92. The number of hydrogen-bond acceptors (Lipinski definition) is 4. The molecule has 0 aromatic rings. The molecule has 2 aliphatic heterocycles. The highest BCUT2D eigenvalue weighted by Crippen LogP contribution is 2.45. The number of ether oxygens (including phenoxy) is 3. The highest BCUT2D eigenvalue weighted by molar-refractivity contribution is 6.74. The third-order valence-electron chi connectivity index (χ3n) is 4.59. The van der Waals surface area contributed by atoms with Gasteiger partial charge >= 0.3 is 0 Å². The van der Waals surface area contributed by atoms with Crippen LogP contribution in [0.1, 0.15) is 27.2 Å². The molecule has 0 aromatic carbocycles. The molecule has 1 spiro atoms. The van der Waals surface area contributed by atoms with E-state index >= 15 is 0 Å². The van der Waals surface area contributed by atoms with E-state index in [1.165, 1.54) is 0 Å². The van der Waals surface area contributed by atoms with Gasteiger partial charge < -0.3 is 18.6 Å². The van der Waals surface area contributed by atoms with E-state index < -0.39 is 8.32 Å². The summed E-state index contributed by atoms with van der Waals surface area (Å²) in [5.74, 6) is 0. The summed E-state index contributed by atoms with van der Waals surface area (Å²) in [5, 5.41) is 0.226. The van der Waals surface area contributed by atoms with Gasteiger partial charge in [-0.3, -0.25) is 0 Å². The van der Waals surface area contributed by atoms with Crippen molar-refractivity contribution in [2.45, 2.75) is 63.3 Å². The zero-order valence-corrected chi connectivity index (χ0v) is 13.4. The van der Waals surface area contributed by atoms with Gasteiger partial charge in [0.15, 0.2) is 14.6 Å². The molecule has 0 bridgehead atoms. The molecule has 0 unspecified atom stereocenters. The first-order valence-electron chi connectivity index (χ1n) is 6.66. The van der Waals surface area contributed by atoms with Crippen LogP contribution in [0.4, 0.5) is 0 Å². The average Bonchev–Trinajstić information content (AvgIpc) is 2.90. The molecule has 0 radical (unpaired) electrons. The van der Waals surface area contributed by atoms with Crippen molar-refractivity contribution < 1.29 is 18.6 Å². The number of epoxide rings is 1. The average molecular weight is 274 g/mol. The molecular weight excluding hydrogens is 248 g/mol. The van der Waals surface area contributed by atoms with Crippen molar-refractivity contribution in [3.63, 3.8) is 0 Å². The fourth-order valence-electron chi connectivity index (χ4n) is 2.00. The molecule has 0 saturated carbocycles. The van der Waals surface area contributed by atoms with Gasteiger partial charge in [0.2, 0.25) is 0 Å². The number of hydrogen-bond donors (Lipinski definition) is 0. The normalized spacial score (nSPS) is 36.3. The molecule has 4 nitrogen and oxygen atoms in total. The molecule has 2 aliphatic rings. The van der Waals surface area contributed by atoms with E-state index in [4.69, 9.17) is 18.6 Å². The molecule has 2 saturated heterocycles. The van der Waals surface area contributed by atoms with Gasteiger partial charge in [-0.1, -0.05) is 20.8 Å². The van der Waals surface area contributed by atoms with E-state index in [9.17, 15) is 0 Å².